The van der Waals surface area contributed by atoms with Gasteiger partial charge in [-0.3, -0.25) is 9.89 Å². The lowest BCUT2D eigenvalue weighted by Crippen LogP contribution is -2.22. The largest absolute Gasteiger partial charge is 0.487 e. The zero-order valence-corrected chi connectivity index (χ0v) is 14.0. The first-order chi connectivity index (χ1) is 12.3. The van der Waals surface area contributed by atoms with Crippen LogP contribution in [0.5, 0.6) is 17.2 Å². The highest BCUT2D eigenvalue weighted by atomic mass is 32.1. The Labute approximate surface area is 147 Å². The van der Waals surface area contributed by atoms with Crippen LogP contribution in [0.15, 0.2) is 41.8 Å². The van der Waals surface area contributed by atoms with Gasteiger partial charge < -0.3 is 19.5 Å². The predicted molar refractivity (Wildman–Crippen MR) is 91.0 cm³/mol. The van der Waals surface area contributed by atoms with Crippen molar-refractivity contribution in [1.82, 2.24) is 15.5 Å². The van der Waals surface area contributed by atoms with E-state index in [1.54, 1.807) is 35.6 Å². The molecule has 0 spiro atoms. The van der Waals surface area contributed by atoms with Gasteiger partial charge in [0.2, 0.25) is 6.79 Å². The van der Waals surface area contributed by atoms with Gasteiger partial charge in [-0.15, -0.1) is 11.3 Å². The Morgan fingerprint density at radius 2 is 2.20 bits per heavy atom. The Balaban J connectivity index is 1.32. The smallest absolute Gasteiger partial charge is 0.272 e. The number of hydrogen-bond donors (Lipinski definition) is 2. The van der Waals surface area contributed by atoms with E-state index in [4.69, 9.17) is 14.2 Å². The highest BCUT2D eigenvalue weighted by Gasteiger charge is 2.14. The van der Waals surface area contributed by atoms with Gasteiger partial charge in [0.05, 0.1) is 12.2 Å². The fraction of sp³-hybridized carbons (Fsp3) is 0.176. The Kier molecular flexibility index (Phi) is 4.26. The van der Waals surface area contributed by atoms with E-state index < -0.39 is 0 Å². The highest BCUT2D eigenvalue weighted by Crippen LogP contribution is 2.35. The third-order valence-corrected chi connectivity index (χ3v) is 4.48. The molecule has 0 saturated carbocycles. The van der Waals surface area contributed by atoms with E-state index in [9.17, 15) is 4.79 Å². The molecule has 1 aliphatic rings. The number of ether oxygens (including phenoxy) is 3. The zero-order valence-electron chi connectivity index (χ0n) is 13.2. The normalized spacial score (nSPS) is 12.2. The molecule has 25 heavy (non-hydrogen) atoms. The summed E-state index contributed by atoms with van der Waals surface area (Å²) in [7, 11) is 0. The number of rotatable bonds is 6. The van der Waals surface area contributed by atoms with Crippen LogP contribution in [0.1, 0.15) is 21.1 Å². The molecule has 0 unspecified atom stereocenters. The summed E-state index contributed by atoms with van der Waals surface area (Å²) in [6, 6.07) is 11.0. The summed E-state index contributed by atoms with van der Waals surface area (Å²) in [6.07, 6.45) is 0. The molecular formula is C17H15N3O4S. The van der Waals surface area contributed by atoms with Crippen LogP contribution in [-0.2, 0) is 13.2 Å². The number of H-pyrrole nitrogens is 1. The van der Waals surface area contributed by atoms with Crippen molar-refractivity contribution >= 4 is 17.2 Å². The van der Waals surface area contributed by atoms with Gasteiger partial charge >= 0.3 is 0 Å². The van der Waals surface area contributed by atoms with Crippen LogP contribution in [0.25, 0.3) is 0 Å². The van der Waals surface area contributed by atoms with Gasteiger partial charge in [0.25, 0.3) is 5.91 Å². The van der Waals surface area contributed by atoms with Crippen LogP contribution < -0.4 is 19.5 Å². The summed E-state index contributed by atoms with van der Waals surface area (Å²) in [5, 5.41) is 11.6. The van der Waals surface area contributed by atoms with Crippen molar-refractivity contribution in [3.63, 3.8) is 0 Å². The van der Waals surface area contributed by atoms with E-state index in [1.807, 2.05) is 17.5 Å². The number of aromatic amines is 1. The number of thiophene rings is 1. The molecule has 4 rings (SSSR count). The quantitative estimate of drug-likeness (QED) is 0.708. The summed E-state index contributed by atoms with van der Waals surface area (Å²) in [4.78, 5) is 13.2. The molecule has 7 nitrogen and oxygen atoms in total. The standard InChI is InChI=1S/C17H15N3O4S/c21-17(18-8-13-2-1-5-25-13)14-6-11(19-20-14)9-22-12-3-4-15-16(7-12)24-10-23-15/h1-7H,8-10H2,(H,18,21)(H,19,20). The Bertz CT molecular complexity index is 876. The molecule has 0 saturated heterocycles. The van der Waals surface area contributed by atoms with Crippen LogP contribution in [0.2, 0.25) is 0 Å². The molecule has 2 aromatic heterocycles. The lowest BCUT2D eigenvalue weighted by atomic mass is 10.3. The predicted octanol–water partition coefficient (Wildman–Crippen LogP) is 2.71. The first-order valence-electron chi connectivity index (χ1n) is 7.65. The van der Waals surface area contributed by atoms with Gasteiger partial charge in [-0.05, 0) is 29.6 Å². The van der Waals surface area contributed by atoms with Gasteiger partial charge in [-0.1, -0.05) is 6.07 Å². The van der Waals surface area contributed by atoms with Crippen LogP contribution in [0, 0.1) is 0 Å². The van der Waals surface area contributed by atoms with Crippen molar-refractivity contribution in [2.75, 3.05) is 6.79 Å². The van der Waals surface area contributed by atoms with Crippen LogP contribution >= 0.6 is 11.3 Å². The topological polar surface area (TPSA) is 85.5 Å². The van der Waals surface area contributed by atoms with Crippen molar-refractivity contribution < 1.29 is 19.0 Å². The molecule has 0 fully saturated rings. The first-order valence-corrected chi connectivity index (χ1v) is 8.53. The monoisotopic (exact) mass is 357 g/mol. The van der Waals surface area contributed by atoms with Crippen molar-refractivity contribution in [3.8, 4) is 17.2 Å². The molecule has 0 radical (unpaired) electrons. The number of carbonyl (C=O) groups is 1. The minimum absolute atomic E-state index is 0.223. The van der Waals surface area contributed by atoms with Gasteiger partial charge in [0.15, 0.2) is 11.5 Å². The molecule has 1 aliphatic heterocycles. The molecular weight excluding hydrogens is 342 g/mol. The van der Waals surface area contributed by atoms with Gasteiger partial charge in [-0.2, -0.15) is 5.10 Å². The third-order valence-electron chi connectivity index (χ3n) is 3.61. The maximum atomic E-state index is 12.1. The van der Waals surface area contributed by atoms with Crippen molar-refractivity contribution in [1.29, 1.82) is 0 Å². The Morgan fingerprint density at radius 3 is 3.08 bits per heavy atom. The summed E-state index contributed by atoms with van der Waals surface area (Å²) >= 11 is 1.60. The number of nitrogens with zero attached hydrogens (tertiary/aromatic N) is 1. The van der Waals surface area contributed by atoms with Crippen LogP contribution in [0.3, 0.4) is 0 Å². The van der Waals surface area contributed by atoms with Gasteiger partial charge in [-0.25, -0.2) is 0 Å². The molecule has 3 heterocycles. The third kappa shape index (κ3) is 3.58. The molecule has 128 valence electrons. The van der Waals surface area contributed by atoms with E-state index >= 15 is 0 Å². The first kappa shape index (κ1) is 15.5. The zero-order chi connectivity index (χ0) is 17.1. The average Bonchev–Trinajstić information content (AvgIpc) is 3.39. The second kappa shape index (κ2) is 6.86. The molecule has 2 N–H and O–H groups in total. The Hall–Kier alpha value is -3.00. The number of carbonyl (C=O) groups excluding carboxylic acids is 1. The lowest BCUT2D eigenvalue weighted by molar-refractivity contribution is 0.0946. The molecule has 0 atom stereocenters. The molecule has 3 aromatic rings. The fourth-order valence-electron chi connectivity index (χ4n) is 2.35. The summed E-state index contributed by atoms with van der Waals surface area (Å²) in [5.41, 5.74) is 1.04. The van der Waals surface area contributed by atoms with Crippen LogP contribution in [0.4, 0.5) is 0 Å². The van der Waals surface area contributed by atoms with Crippen molar-refractivity contribution in [2.45, 2.75) is 13.2 Å². The van der Waals surface area contributed by atoms with Gasteiger partial charge in [0.1, 0.15) is 18.1 Å². The maximum Gasteiger partial charge on any atom is 0.272 e. The summed E-state index contributed by atoms with van der Waals surface area (Å²) < 4.78 is 16.3. The van der Waals surface area contributed by atoms with E-state index in [0.717, 1.165) is 4.88 Å². The minimum atomic E-state index is -0.223. The highest BCUT2D eigenvalue weighted by molar-refractivity contribution is 7.09. The average molecular weight is 357 g/mol. The number of benzene rings is 1. The van der Waals surface area contributed by atoms with Gasteiger partial charge in [0, 0.05) is 10.9 Å². The Morgan fingerprint density at radius 1 is 1.28 bits per heavy atom. The van der Waals surface area contributed by atoms with Crippen molar-refractivity contribution in [2.24, 2.45) is 0 Å². The molecule has 0 bridgehead atoms. The van der Waals surface area contributed by atoms with Crippen molar-refractivity contribution in [3.05, 3.63) is 58.0 Å². The number of fused-ring (bicyclic) bond motifs is 1. The SMILES string of the molecule is O=C(NCc1cccs1)c1cc(COc2ccc3c(c2)OCO3)[nH]n1. The molecule has 1 amide bonds. The number of nitrogens with one attached hydrogen (secondary N) is 2. The molecule has 0 aliphatic carbocycles. The van der Waals surface area contributed by atoms with Crippen LogP contribution in [-0.4, -0.2) is 22.9 Å². The number of amides is 1. The van der Waals surface area contributed by atoms with E-state index in [0.29, 0.717) is 35.2 Å². The maximum absolute atomic E-state index is 12.1. The van der Waals surface area contributed by atoms with E-state index in [-0.39, 0.29) is 19.3 Å². The molecule has 8 heteroatoms. The number of hydrogen-bond acceptors (Lipinski definition) is 6. The summed E-state index contributed by atoms with van der Waals surface area (Å²) in [6.45, 7) is 0.987. The fourth-order valence-corrected chi connectivity index (χ4v) is 3.00. The molecule has 1 aromatic carbocycles. The second-order valence-electron chi connectivity index (χ2n) is 5.34. The summed E-state index contributed by atoms with van der Waals surface area (Å²) in [5.74, 6) is 1.80. The lowest BCUT2D eigenvalue weighted by Gasteiger charge is -2.05. The number of aromatic nitrogens is 2. The van der Waals surface area contributed by atoms with E-state index in [2.05, 4.69) is 15.5 Å². The second-order valence-corrected chi connectivity index (χ2v) is 6.38. The minimum Gasteiger partial charge on any atom is -0.487 e. The van der Waals surface area contributed by atoms with E-state index in [1.165, 1.54) is 0 Å².